The maximum absolute atomic E-state index is 12.1. The van der Waals surface area contributed by atoms with Crippen molar-refractivity contribution in [3.05, 3.63) is 59.1 Å². The molecule has 0 aliphatic carbocycles. The summed E-state index contributed by atoms with van der Waals surface area (Å²) in [4.78, 5) is 11.9. The first kappa shape index (κ1) is 17.3. The monoisotopic (exact) mass is 353 g/mol. The van der Waals surface area contributed by atoms with Crippen LogP contribution in [0.1, 0.15) is 5.56 Å². The van der Waals surface area contributed by atoms with Crippen molar-refractivity contribution < 1.29 is 17.9 Å². The maximum Gasteiger partial charge on any atom is 0.239 e. The number of hydrogen-bond acceptors (Lipinski definition) is 4. The minimum absolute atomic E-state index is 0.224. The summed E-state index contributed by atoms with van der Waals surface area (Å²) in [6.07, 6.45) is 0. The number of halogens is 1. The van der Waals surface area contributed by atoms with Crippen molar-refractivity contribution >= 4 is 33.0 Å². The Labute approximate surface area is 140 Å². The molecule has 0 aliphatic rings. The SMILES string of the molecule is COc1cccc(CS(=O)(=O)CC(=O)Nc2ccc(Cl)cc2)c1. The van der Waals surface area contributed by atoms with E-state index < -0.39 is 21.5 Å². The molecule has 0 bridgehead atoms. The molecule has 0 heterocycles. The molecule has 0 fully saturated rings. The Kier molecular flexibility index (Phi) is 5.63. The largest absolute Gasteiger partial charge is 0.497 e. The number of nitrogens with one attached hydrogen (secondary N) is 1. The second kappa shape index (κ2) is 7.48. The minimum Gasteiger partial charge on any atom is -0.497 e. The summed E-state index contributed by atoms with van der Waals surface area (Å²) in [7, 11) is -2.07. The van der Waals surface area contributed by atoms with E-state index in [4.69, 9.17) is 16.3 Å². The maximum atomic E-state index is 12.1. The van der Waals surface area contributed by atoms with Crippen LogP contribution in [0.25, 0.3) is 0 Å². The third-order valence-electron chi connectivity index (χ3n) is 3.00. The Balaban J connectivity index is 1.99. The summed E-state index contributed by atoms with van der Waals surface area (Å²) in [5.74, 6) is -0.830. The summed E-state index contributed by atoms with van der Waals surface area (Å²) in [5.41, 5.74) is 1.07. The number of ether oxygens (including phenoxy) is 1. The third-order valence-corrected chi connectivity index (χ3v) is 4.73. The number of rotatable bonds is 6. The van der Waals surface area contributed by atoms with Gasteiger partial charge in [-0.1, -0.05) is 23.7 Å². The van der Waals surface area contributed by atoms with E-state index in [1.807, 2.05) is 0 Å². The van der Waals surface area contributed by atoms with Crippen LogP contribution in [0.3, 0.4) is 0 Å². The number of anilines is 1. The van der Waals surface area contributed by atoms with Gasteiger partial charge in [0.05, 0.1) is 12.9 Å². The molecule has 0 spiro atoms. The average Bonchev–Trinajstić information content (AvgIpc) is 2.48. The molecule has 122 valence electrons. The van der Waals surface area contributed by atoms with Crippen molar-refractivity contribution in [2.24, 2.45) is 0 Å². The van der Waals surface area contributed by atoms with E-state index in [0.29, 0.717) is 22.0 Å². The Hall–Kier alpha value is -2.05. The van der Waals surface area contributed by atoms with Crippen LogP contribution in [0, 0.1) is 0 Å². The highest BCUT2D eigenvalue weighted by Gasteiger charge is 2.18. The van der Waals surface area contributed by atoms with E-state index in [2.05, 4.69) is 5.32 Å². The minimum atomic E-state index is -3.58. The Morgan fingerprint density at radius 3 is 2.52 bits per heavy atom. The van der Waals surface area contributed by atoms with Gasteiger partial charge in [0.25, 0.3) is 0 Å². The molecule has 0 aliphatic heterocycles. The van der Waals surface area contributed by atoms with Gasteiger partial charge in [-0.2, -0.15) is 0 Å². The zero-order chi connectivity index (χ0) is 16.9. The molecule has 0 atom stereocenters. The zero-order valence-corrected chi connectivity index (χ0v) is 14.0. The normalized spacial score (nSPS) is 11.0. The molecular weight excluding hydrogens is 338 g/mol. The predicted molar refractivity (Wildman–Crippen MR) is 90.6 cm³/mol. The van der Waals surface area contributed by atoms with Crippen LogP contribution < -0.4 is 10.1 Å². The van der Waals surface area contributed by atoms with Gasteiger partial charge in [-0.3, -0.25) is 4.79 Å². The van der Waals surface area contributed by atoms with Crippen molar-refractivity contribution in [1.29, 1.82) is 0 Å². The lowest BCUT2D eigenvalue weighted by atomic mass is 10.2. The number of hydrogen-bond donors (Lipinski definition) is 1. The molecule has 23 heavy (non-hydrogen) atoms. The van der Waals surface area contributed by atoms with Gasteiger partial charge in [-0.05, 0) is 42.0 Å². The van der Waals surface area contributed by atoms with E-state index in [-0.39, 0.29) is 5.75 Å². The van der Waals surface area contributed by atoms with Gasteiger partial charge < -0.3 is 10.1 Å². The highest BCUT2D eigenvalue weighted by atomic mass is 35.5. The number of carbonyl (C=O) groups excluding carboxylic acids is 1. The number of amides is 1. The van der Waals surface area contributed by atoms with Crippen LogP contribution in [0.15, 0.2) is 48.5 Å². The molecule has 5 nitrogen and oxygen atoms in total. The van der Waals surface area contributed by atoms with Gasteiger partial charge in [0, 0.05) is 10.7 Å². The fraction of sp³-hybridized carbons (Fsp3) is 0.188. The van der Waals surface area contributed by atoms with Gasteiger partial charge in [-0.25, -0.2) is 8.42 Å². The number of carbonyl (C=O) groups is 1. The lowest BCUT2D eigenvalue weighted by molar-refractivity contribution is -0.113. The standard InChI is InChI=1S/C16H16ClNO4S/c1-22-15-4-2-3-12(9-15)10-23(20,21)11-16(19)18-14-7-5-13(17)6-8-14/h2-9H,10-11H2,1H3,(H,18,19). The zero-order valence-electron chi connectivity index (χ0n) is 12.5. The Bertz CT molecular complexity index is 788. The molecule has 2 aromatic carbocycles. The average molecular weight is 354 g/mol. The molecule has 0 saturated carbocycles. The second-order valence-corrected chi connectivity index (χ2v) is 7.44. The Morgan fingerprint density at radius 2 is 1.87 bits per heavy atom. The molecule has 7 heteroatoms. The van der Waals surface area contributed by atoms with Crippen molar-refractivity contribution in [2.45, 2.75) is 5.75 Å². The van der Waals surface area contributed by atoms with E-state index in [1.165, 1.54) is 7.11 Å². The van der Waals surface area contributed by atoms with E-state index in [0.717, 1.165) is 0 Å². The van der Waals surface area contributed by atoms with E-state index >= 15 is 0 Å². The molecule has 2 aromatic rings. The molecule has 2 rings (SSSR count). The predicted octanol–water partition coefficient (Wildman–Crippen LogP) is 2.90. The topological polar surface area (TPSA) is 72.5 Å². The van der Waals surface area contributed by atoms with Gasteiger partial charge >= 0.3 is 0 Å². The first-order valence-electron chi connectivity index (χ1n) is 6.77. The van der Waals surface area contributed by atoms with Gasteiger partial charge in [0.1, 0.15) is 11.5 Å². The molecule has 0 radical (unpaired) electrons. The summed E-state index contributed by atoms with van der Waals surface area (Å²) in [5, 5.41) is 3.07. The quantitative estimate of drug-likeness (QED) is 0.866. The first-order chi connectivity index (χ1) is 10.9. The van der Waals surface area contributed by atoms with Crippen LogP contribution in [-0.2, 0) is 20.4 Å². The molecule has 1 N–H and O–H groups in total. The van der Waals surface area contributed by atoms with Crippen LogP contribution >= 0.6 is 11.6 Å². The highest BCUT2D eigenvalue weighted by molar-refractivity contribution is 7.91. The summed E-state index contributed by atoms with van der Waals surface area (Å²) < 4.78 is 29.3. The van der Waals surface area contributed by atoms with Crippen molar-refractivity contribution in [2.75, 3.05) is 18.2 Å². The number of benzene rings is 2. The summed E-state index contributed by atoms with van der Waals surface area (Å²) in [6, 6.07) is 13.2. The lowest BCUT2D eigenvalue weighted by Gasteiger charge is -2.08. The Morgan fingerprint density at radius 1 is 1.17 bits per heavy atom. The number of methoxy groups -OCH3 is 1. The van der Waals surface area contributed by atoms with Gasteiger partial charge in [-0.15, -0.1) is 0 Å². The van der Waals surface area contributed by atoms with Crippen molar-refractivity contribution in [3.63, 3.8) is 0 Å². The molecular formula is C16H16ClNO4S. The van der Waals surface area contributed by atoms with Crippen molar-refractivity contribution in [1.82, 2.24) is 0 Å². The third kappa shape index (κ3) is 5.58. The van der Waals surface area contributed by atoms with Crippen LogP contribution in [0.2, 0.25) is 5.02 Å². The smallest absolute Gasteiger partial charge is 0.239 e. The first-order valence-corrected chi connectivity index (χ1v) is 8.97. The van der Waals surface area contributed by atoms with Crippen LogP contribution in [0.5, 0.6) is 5.75 Å². The van der Waals surface area contributed by atoms with Gasteiger partial charge in [0.15, 0.2) is 9.84 Å². The molecule has 0 unspecified atom stereocenters. The highest BCUT2D eigenvalue weighted by Crippen LogP contribution is 2.16. The fourth-order valence-corrected chi connectivity index (χ4v) is 3.38. The van der Waals surface area contributed by atoms with Crippen LogP contribution in [-0.4, -0.2) is 27.2 Å². The molecule has 1 amide bonds. The number of sulfone groups is 1. The molecule has 0 saturated heterocycles. The molecule has 0 aromatic heterocycles. The van der Waals surface area contributed by atoms with E-state index in [9.17, 15) is 13.2 Å². The second-order valence-electron chi connectivity index (χ2n) is 4.94. The lowest BCUT2D eigenvalue weighted by Crippen LogP contribution is -2.23. The van der Waals surface area contributed by atoms with Gasteiger partial charge in [0.2, 0.25) is 5.91 Å². The van der Waals surface area contributed by atoms with Crippen LogP contribution in [0.4, 0.5) is 5.69 Å². The van der Waals surface area contributed by atoms with E-state index in [1.54, 1.807) is 48.5 Å². The summed E-state index contributed by atoms with van der Waals surface area (Å²) >= 11 is 5.75. The fourth-order valence-electron chi connectivity index (χ4n) is 2.00. The summed E-state index contributed by atoms with van der Waals surface area (Å²) in [6.45, 7) is 0. The van der Waals surface area contributed by atoms with Crippen molar-refractivity contribution in [3.8, 4) is 5.75 Å².